The van der Waals surface area contributed by atoms with Crippen molar-refractivity contribution in [1.82, 2.24) is 0 Å². The van der Waals surface area contributed by atoms with Gasteiger partial charge in [-0.05, 0) is 18.2 Å². The fraction of sp³-hybridized carbons (Fsp3) is 0. The van der Waals surface area contributed by atoms with Crippen LogP contribution in [0.15, 0.2) is 29.2 Å². The van der Waals surface area contributed by atoms with Gasteiger partial charge in [0.05, 0.1) is 4.90 Å². The number of hydrogen-bond donors (Lipinski definition) is 2. The van der Waals surface area contributed by atoms with Crippen molar-refractivity contribution < 1.29 is 12.7 Å². The van der Waals surface area contributed by atoms with E-state index in [0.29, 0.717) is 5.69 Å². The average Bonchev–Trinajstić information content (AvgIpc) is 2.05. The predicted molar refractivity (Wildman–Crippen MR) is 43.3 cm³/mol. The maximum atomic E-state index is 11.0. The van der Waals surface area contributed by atoms with E-state index in [1.54, 1.807) is 6.07 Å². The molecule has 0 aliphatic rings. The van der Waals surface area contributed by atoms with Crippen molar-refractivity contribution in [3.63, 3.8) is 0 Å². The summed E-state index contributed by atoms with van der Waals surface area (Å²) >= 11 is 0. The van der Waals surface area contributed by atoms with Gasteiger partial charge in [-0.25, -0.2) is 0 Å². The Balaban J connectivity index is 3.21. The standard InChI is InChI=1S/C6H8N2O3S/c7-5-2-1-3-6(4-5)12(9,10)11-8/h1-4H,7-8H2. The summed E-state index contributed by atoms with van der Waals surface area (Å²) in [6.45, 7) is 0. The van der Waals surface area contributed by atoms with Crippen molar-refractivity contribution in [2.45, 2.75) is 4.90 Å². The second-order valence-corrected chi connectivity index (χ2v) is 3.69. The number of nitrogens with two attached hydrogens (primary N) is 2. The molecule has 1 aromatic rings. The van der Waals surface area contributed by atoms with Crippen molar-refractivity contribution in [2.75, 3.05) is 5.73 Å². The van der Waals surface area contributed by atoms with Gasteiger partial charge in [0.15, 0.2) is 0 Å². The normalized spacial score (nSPS) is 11.4. The molecule has 1 rings (SSSR count). The molecule has 1 aromatic carbocycles. The van der Waals surface area contributed by atoms with E-state index in [2.05, 4.69) is 10.2 Å². The van der Waals surface area contributed by atoms with Gasteiger partial charge in [0.1, 0.15) is 0 Å². The lowest BCUT2D eigenvalue weighted by Gasteiger charge is -2.00. The average molecular weight is 188 g/mol. The minimum absolute atomic E-state index is 0.0509. The highest BCUT2D eigenvalue weighted by Crippen LogP contribution is 2.13. The van der Waals surface area contributed by atoms with Crippen molar-refractivity contribution in [2.24, 2.45) is 5.90 Å². The Hall–Kier alpha value is -1.11. The van der Waals surface area contributed by atoms with Crippen LogP contribution in [0.1, 0.15) is 0 Å². The molecule has 66 valence electrons. The van der Waals surface area contributed by atoms with Crippen molar-refractivity contribution >= 4 is 15.8 Å². The first kappa shape index (κ1) is 8.98. The Kier molecular flexibility index (Phi) is 2.32. The summed E-state index contributed by atoms with van der Waals surface area (Å²) in [6.07, 6.45) is 0. The maximum absolute atomic E-state index is 11.0. The largest absolute Gasteiger partial charge is 0.399 e. The molecule has 0 saturated heterocycles. The Labute approximate surface area is 70.0 Å². The highest BCUT2D eigenvalue weighted by molar-refractivity contribution is 7.86. The van der Waals surface area contributed by atoms with Crippen LogP contribution in [0.2, 0.25) is 0 Å². The van der Waals surface area contributed by atoms with Gasteiger partial charge in [-0.2, -0.15) is 18.6 Å². The molecule has 4 N–H and O–H groups in total. The third-order valence-corrected chi connectivity index (χ3v) is 2.36. The molecular weight excluding hydrogens is 180 g/mol. The highest BCUT2D eigenvalue weighted by atomic mass is 32.2. The Morgan fingerprint density at radius 1 is 1.33 bits per heavy atom. The molecule has 0 unspecified atom stereocenters. The van der Waals surface area contributed by atoms with Crippen LogP contribution >= 0.6 is 0 Å². The van der Waals surface area contributed by atoms with E-state index in [0.717, 1.165) is 0 Å². The van der Waals surface area contributed by atoms with E-state index in [-0.39, 0.29) is 4.90 Å². The first-order chi connectivity index (χ1) is 5.56. The molecule has 12 heavy (non-hydrogen) atoms. The smallest absolute Gasteiger partial charge is 0.312 e. The van der Waals surface area contributed by atoms with Crippen LogP contribution in [0.3, 0.4) is 0 Å². The third kappa shape index (κ3) is 1.73. The monoisotopic (exact) mass is 188 g/mol. The third-order valence-electron chi connectivity index (χ3n) is 1.27. The molecule has 0 aromatic heterocycles. The quantitative estimate of drug-likeness (QED) is 0.497. The minimum Gasteiger partial charge on any atom is -0.399 e. The lowest BCUT2D eigenvalue weighted by Crippen LogP contribution is -2.11. The summed E-state index contributed by atoms with van der Waals surface area (Å²) in [5.41, 5.74) is 5.69. The summed E-state index contributed by atoms with van der Waals surface area (Å²) in [5.74, 6) is 4.56. The van der Waals surface area contributed by atoms with Crippen LogP contribution < -0.4 is 11.6 Å². The van der Waals surface area contributed by atoms with E-state index in [9.17, 15) is 8.42 Å². The summed E-state index contributed by atoms with van der Waals surface area (Å²) in [4.78, 5) is -0.0509. The highest BCUT2D eigenvalue weighted by Gasteiger charge is 2.12. The molecule has 0 aliphatic heterocycles. The number of rotatable bonds is 2. The number of nitrogen functional groups attached to an aromatic ring is 1. The maximum Gasteiger partial charge on any atom is 0.312 e. The fourth-order valence-corrected chi connectivity index (χ4v) is 1.36. The van der Waals surface area contributed by atoms with Crippen LogP contribution in [0, 0.1) is 0 Å². The molecular formula is C6H8N2O3S. The first-order valence-electron chi connectivity index (χ1n) is 3.05. The Morgan fingerprint density at radius 2 is 2.00 bits per heavy atom. The number of anilines is 1. The second kappa shape index (κ2) is 3.10. The summed E-state index contributed by atoms with van der Waals surface area (Å²) in [5, 5.41) is 0. The molecule has 0 fully saturated rings. The molecule has 0 radical (unpaired) electrons. The van der Waals surface area contributed by atoms with Gasteiger partial charge in [-0.1, -0.05) is 6.07 Å². The molecule has 0 amide bonds. The zero-order chi connectivity index (χ0) is 9.19. The van der Waals surface area contributed by atoms with Crippen LogP contribution in [-0.2, 0) is 14.4 Å². The van der Waals surface area contributed by atoms with E-state index in [4.69, 9.17) is 5.73 Å². The van der Waals surface area contributed by atoms with Crippen LogP contribution in [-0.4, -0.2) is 8.42 Å². The van der Waals surface area contributed by atoms with Crippen molar-refractivity contribution in [1.29, 1.82) is 0 Å². The van der Waals surface area contributed by atoms with E-state index < -0.39 is 10.1 Å². The first-order valence-corrected chi connectivity index (χ1v) is 4.46. The second-order valence-electron chi connectivity index (χ2n) is 2.12. The lowest BCUT2D eigenvalue weighted by molar-refractivity contribution is 0.333. The zero-order valence-corrected chi connectivity index (χ0v) is 6.91. The van der Waals surface area contributed by atoms with Crippen molar-refractivity contribution in [3.05, 3.63) is 24.3 Å². The van der Waals surface area contributed by atoms with Crippen LogP contribution in [0.25, 0.3) is 0 Å². The summed E-state index contributed by atoms with van der Waals surface area (Å²) in [6, 6.07) is 5.68. The molecule has 5 nitrogen and oxygen atoms in total. The molecule has 0 heterocycles. The van der Waals surface area contributed by atoms with Gasteiger partial charge in [0.25, 0.3) is 0 Å². The molecule has 0 aliphatic carbocycles. The molecule has 0 atom stereocenters. The lowest BCUT2D eigenvalue weighted by atomic mass is 10.3. The van der Waals surface area contributed by atoms with Gasteiger partial charge in [-0.3, -0.25) is 0 Å². The topological polar surface area (TPSA) is 95.4 Å². The predicted octanol–water partition coefficient (Wildman–Crippen LogP) is -0.152. The van der Waals surface area contributed by atoms with E-state index >= 15 is 0 Å². The SMILES string of the molecule is NOS(=O)(=O)c1cccc(N)c1. The molecule has 0 saturated carbocycles. The van der Waals surface area contributed by atoms with Gasteiger partial charge in [0, 0.05) is 5.69 Å². The molecule has 0 bridgehead atoms. The zero-order valence-electron chi connectivity index (χ0n) is 6.10. The van der Waals surface area contributed by atoms with Crippen molar-refractivity contribution in [3.8, 4) is 0 Å². The fourth-order valence-electron chi connectivity index (χ4n) is 0.726. The van der Waals surface area contributed by atoms with Gasteiger partial charge < -0.3 is 5.73 Å². The summed E-state index contributed by atoms with van der Waals surface area (Å²) < 4.78 is 25.7. The molecule has 6 heteroatoms. The Bertz CT molecular complexity index is 374. The van der Waals surface area contributed by atoms with Gasteiger partial charge in [-0.15, -0.1) is 0 Å². The van der Waals surface area contributed by atoms with Crippen LogP contribution in [0.4, 0.5) is 5.69 Å². The van der Waals surface area contributed by atoms with Crippen LogP contribution in [0.5, 0.6) is 0 Å². The number of hydrogen-bond acceptors (Lipinski definition) is 5. The minimum atomic E-state index is -3.82. The van der Waals surface area contributed by atoms with Gasteiger partial charge >= 0.3 is 10.1 Å². The molecule has 0 spiro atoms. The van der Waals surface area contributed by atoms with E-state index in [1.807, 2.05) is 0 Å². The van der Waals surface area contributed by atoms with Gasteiger partial charge in [0.2, 0.25) is 0 Å². The summed E-state index contributed by atoms with van der Waals surface area (Å²) in [7, 11) is -3.82. The Morgan fingerprint density at radius 3 is 2.50 bits per heavy atom. The van der Waals surface area contributed by atoms with E-state index in [1.165, 1.54) is 18.2 Å². The number of benzene rings is 1.